The predicted molar refractivity (Wildman–Crippen MR) is 67.7 cm³/mol. The van der Waals surface area contributed by atoms with Crippen LogP contribution >= 0.6 is 11.8 Å². The first-order valence-corrected chi connectivity index (χ1v) is 7.10. The lowest BCUT2D eigenvalue weighted by Gasteiger charge is -2.42. The van der Waals surface area contributed by atoms with Crippen LogP contribution in [0.25, 0.3) is 0 Å². The van der Waals surface area contributed by atoms with Gasteiger partial charge < -0.3 is 10.2 Å². The molecule has 2 nitrogen and oxygen atoms in total. The minimum absolute atomic E-state index is 0.693. The molecule has 1 N–H and O–H groups in total. The second-order valence-electron chi connectivity index (χ2n) is 4.63. The van der Waals surface area contributed by atoms with E-state index in [0.29, 0.717) is 6.04 Å². The van der Waals surface area contributed by atoms with E-state index in [2.05, 4.69) is 31.0 Å². The van der Waals surface area contributed by atoms with Crippen molar-refractivity contribution in [2.45, 2.75) is 39.7 Å². The highest BCUT2D eigenvalue weighted by molar-refractivity contribution is 8.03. The summed E-state index contributed by atoms with van der Waals surface area (Å²) in [4.78, 5) is 2.63. The topological polar surface area (TPSA) is 15.3 Å². The highest BCUT2D eigenvalue weighted by Crippen LogP contribution is 2.35. The van der Waals surface area contributed by atoms with E-state index in [-0.39, 0.29) is 0 Å². The molecular weight excluding hydrogens is 204 g/mol. The molecule has 2 aliphatic rings. The van der Waals surface area contributed by atoms with Crippen LogP contribution in [-0.4, -0.2) is 29.8 Å². The van der Waals surface area contributed by atoms with E-state index < -0.39 is 0 Å². The molecule has 0 spiro atoms. The molecule has 2 heterocycles. The number of nitrogens with zero attached hydrogens (tertiary/aromatic N) is 1. The van der Waals surface area contributed by atoms with E-state index in [0.717, 1.165) is 12.5 Å². The molecule has 0 aromatic rings. The van der Waals surface area contributed by atoms with Gasteiger partial charge in [-0.3, -0.25) is 0 Å². The summed E-state index contributed by atoms with van der Waals surface area (Å²) in [5, 5.41) is 5.02. The highest BCUT2D eigenvalue weighted by atomic mass is 32.2. The van der Waals surface area contributed by atoms with Crippen LogP contribution in [0.3, 0.4) is 0 Å². The summed E-state index contributed by atoms with van der Waals surface area (Å²) in [5.41, 5.74) is 1.59. The molecule has 2 aliphatic heterocycles. The van der Waals surface area contributed by atoms with E-state index >= 15 is 0 Å². The van der Waals surface area contributed by atoms with Crippen LogP contribution in [-0.2, 0) is 0 Å². The second-order valence-corrected chi connectivity index (χ2v) is 5.74. The fourth-order valence-electron chi connectivity index (χ4n) is 2.44. The van der Waals surface area contributed by atoms with Gasteiger partial charge in [-0.05, 0) is 19.8 Å². The average molecular weight is 226 g/mol. The fourth-order valence-corrected chi connectivity index (χ4v) is 3.60. The van der Waals surface area contributed by atoms with Gasteiger partial charge in [0.1, 0.15) is 0 Å². The second kappa shape index (κ2) is 4.69. The Morgan fingerprint density at radius 2 is 2.40 bits per heavy atom. The lowest BCUT2D eigenvalue weighted by molar-refractivity contribution is 0.233. The Morgan fingerprint density at radius 1 is 1.60 bits per heavy atom. The quantitative estimate of drug-likeness (QED) is 0.779. The van der Waals surface area contributed by atoms with Gasteiger partial charge in [0.05, 0.1) is 5.03 Å². The molecular formula is C12H22N2S. The zero-order valence-electron chi connectivity index (χ0n) is 10.0. The van der Waals surface area contributed by atoms with Crippen LogP contribution in [0.1, 0.15) is 33.6 Å². The molecule has 15 heavy (non-hydrogen) atoms. The molecule has 0 saturated carbocycles. The number of rotatable bonds is 2. The van der Waals surface area contributed by atoms with Gasteiger partial charge in [-0.2, -0.15) is 0 Å². The summed E-state index contributed by atoms with van der Waals surface area (Å²) in [6.45, 7) is 9.39. The van der Waals surface area contributed by atoms with Gasteiger partial charge in [0, 0.05) is 36.5 Å². The van der Waals surface area contributed by atoms with Gasteiger partial charge in [0.15, 0.2) is 0 Å². The van der Waals surface area contributed by atoms with E-state index in [1.54, 1.807) is 5.70 Å². The molecule has 0 aromatic heterocycles. The summed E-state index contributed by atoms with van der Waals surface area (Å²) in [6, 6.07) is 0.693. The first kappa shape index (κ1) is 11.2. The molecule has 0 saturated heterocycles. The maximum Gasteiger partial charge on any atom is 0.0880 e. The Bertz CT molecular complexity index is 258. The smallest absolute Gasteiger partial charge is 0.0880 e. The number of thioether (sulfide) groups is 1. The SMILES string of the molecule is CCC(C)N1CCSC2=C1C(C)CCN2. The van der Waals surface area contributed by atoms with Crippen LogP contribution in [0.4, 0.5) is 0 Å². The number of allylic oxidation sites excluding steroid dienone is 1. The summed E-state index contributed by atoms with van der Waals surface area (Å²) in [7, 11) is 0. The molecule has 0 fully saturated rings. The molecule has 2 atom stereocenters. The van der Waals surface area contributed by atoms with Crippen LogP contribution in [0.2, 0.25) is 0 Å². The first-order valence-electron chi connectivity index (χ1n) is 6.11. The number of hydrogen-bond acceptors (Lipinski definition) is 3. The molecule has 3 heteroatoms. The number of nitrogens with one attached hydrogen (secondary N) is 1. The predicted octanol–water partition coefficient (Wildman–Crippen LogP) is 2.63. The first-order chi connectivity index (χ1) is 7.24. The van der Waals surface area contributed by atoms with Gasteiger partial charge in [-0.25, -0.2) is 0 Å². The van der Waals surface area contributed by atoms with Gasteiger partial charge in [-0.1, -0.05) is 13.8 Å². The minimum Gasteiger partial charge on any atom is -0.378 e. The van der Waals surface area contributed by atoms with Crippen LogP contribution in [0.5, 0.6) is 0 Å². The molecule has 86 valence electrons. The van der Waals surface area contributed by atoms with Gasteiger partial charge in [0.2, 0.25) is 0 Å². The van der Waals surface area contributed by atoms with Crippen molar-refractivity contribution in [3.8, 4) is 0 Å². The van der Waals surface area contributed by atoms with Crippen molar-refractivity contribution in [1.82, 2.24) is 10.2 Å². The maximum atomic E-state index is 3.56. The summed E-state index contributed by atoms with van der Waals surface area (Å²) < 4.78 is 0. The van der Waals surface area contributed by atoms with Gasteiger partial charge >= 0.3 is 0 Å². The van der Waals surface area contributed by atoms with E-state index in [9.17, 15) is 0 Å². The molecule has 2 rings (SSSR count). The Hall–Kier alpha value is -0.310. The van der Waals surface area contributed by atoms with Gasteiger partial charge in [0.25, 0.3) is 0 Å². The van der Waals surface area contributed by atoms with Crippen molar-refractivity contribution in [1.29, 1.82) is 0 Å². The van der Waals surface area contributed by atoms with Crippen molar-refractivity contribution in [3.05, 3.63) is 10.7 Å². The lowest BCUT2D eigenvalue weighted by atomic mass is 9.98. The Balaban J connectivity index is 2.24. The van der Waals surface area contributed by atoms with Crippen molar-refractivity contribution in [2.75, 3.05) is 18.8 Å². The summed E-state index contributed by atoms with van der Waals surface area (Å²) in [6.07, 6.45) is 2.53. The molecule has 0 bridgehead atoms. The Morgan fingerprint density at radius 3 is 3.13 bits per heavy atom. The molecule has 0 amide bonds. The van der Waals surface area contributed by atoms with E-state index in [1.165, 1.54) is 30.2 Å². The van der Waals surface area contributed by atoms with E-state index in [1.807, 2.05) is 11.8 Å². The Kier molecular flexibility index (Phi) is 3.49. The zero-order chi connectivity index (χ0) is 10.8. The third-order valence-corrected chi connectivity index (χ3v) is 4.60. The number of hydrogen-bond donors (Lipinski definition) is 1. The standard InChI is InChI=1S/C12H22N2S/c1-4-10(3)14-7-8-15-12-11(14)9(2)5-6-13-12/h9-10,13H,4-8H2,1-3H3. The van der Waals surface area contributed by atoms with Crippen molar-refractivity contribution in [2.24, 2.45) is 5.92 Å². The molecule has 0 aliphatic carbocycles. The molecule has 2 unspecified atom stereocenters. The van der Waals surface area contributed by atoms with Crippen LogP contribution in [0, 0.1) is 5.92 Å². The summed E-state index contributed by atoms with van der Waals surface area (Å²) >= 11 is 2.01. The molecule has 0 aromatic carbocycles. The highest BCUT2D eigenvalue weighted by Gasteiger charge is 2.29. The zero-order valence-corrected chi connectivity index (χ0v) is 10.9. The largest absolute Gasteiger partial charge is 0.378 e. The van der Waals surface area contributed by atoms with Crippen molar-refractivity contribution < 1.29 is 0 Å². The fraction of sp³-hybridized carbons (Fsp3) is 0.833. The molecule has 0 radical (unpaired) electrons. The van der Waals surface area contributed by atoms with Crippen LogP contribution < -0.4 is 5.32 Å². The summed E-state index contributed by atoms with van der Waals surface area (Å²) in [5.74, 6) is 1.98. The van der Waals surface area contributed by atoms with Crippen molar-refractivity contribution in [3.63, 3.8) is 0 Å². The lowest BCUT2D eigenvalue weighted by Crippen LogP contribution is -2.43. The monoisotopic (exact) mass is 226 g/mol. The third kappa shape index (κ3) is 2.12. The average Bonchev–Trinajstić information content (AvgIpc) is 2.28. The Labute approximate surface area is 97.5 Å². The van der Waals surface area contributed by atoms with Crippen LogP contribution in [0.15, 0.2) is 10.7 Å². The normalized spacial score (nSPS) is 28.5. The van der Waals surface area contributed by atoms with E-state index in [4.69, 9.17) is 0 Å². The maximum absolute atomic E-state index is 3.56. The van der Waals surface area contributed by atoms with Crippen molar-refractivity contribution >= 4 is 11.8 Å². The third-order valence-electron chi connectivity index (χ3n) is 3.57. The van der Waals surface area contributed by atoms with Gasteiger partial charge in [-0.15, -0.1) is 11.8 Å². The minimum atomic E-state index is 0.693.